The Morgan fingerprint density at radius 2 is 2.08 bits per heavy atom. The zero-order valence-corrected chi connectivity index (χ0v) is 8.12. The molecule has 3 atom stereocenters. The molecule has 0 spiro atoms. The lowest BCUT2D eigenvalue weighted by molar-refractivity contribution is 0.892. The Labute approximate surface area is 79.3 Å². The molecule has 0 N–H and O–H groups in total. The quantitative estimate of drug-likeness (QED) is 0.560. The van der Waals surface area contributed by atoms with E-state index in [0.29, 0.717) is 0 Å². The number of aryl methyl sites for hydroxylation is 1. The van der Waals surface area contributed by atoms with E-state index in [4.69, 9.17) is 0 Å². The third-order valence-corrected chi connectivity index (χ3v) is 3.65. The van der Waals surface area contributed by atoms with Crippen LogP contribution in [0.2, 0.25) is 0 Å². The Balaban J connectivity index is 2.20. The van der Waals surface area contributed by atoms with E-state index in [0.717, 1.165) is 17.8 Å². The number of hydrogen-bond donors (Lipinski definition) is 0. The average molecular weight is 170 g/mol. The molecule has 13 heavy (non-hydrogen) atoms. The highest BCUT2D eigenvalue weighted by Gasteiger charge is 2.47. The van der Waals surface area contributed by atoms with E-state index in [1.54, 1.807) is 5.56 Å². The van der Waals surface area contributed by atoms with Gasteiger partial charge in [-0.1, -0.05) is 37.3 Å². The van der Waals surface area contributed by atoms with E-state index < -0.39 is 0 Å². The smallest absolute Gasteiger partial charge is 0.00586 e. The normalized spacial score (nSPS) is 33.8. The summed E-state index contributed by atoms with van der Waals surface area (Å²) in [6.07, 6.45) is 4.71. The van der Waals surface area contributed by atoms with Crippen molar-refractivity contribution in [3.05, 3.63) is 41.0 Å². The maximum absolute atomic E-state index is 2.39. The van der Waals surface area contributed by atoms with Crippen molar-refractivity contribution in [1.82, 2.24) is 0 Å². The second-order valence-corrected chi connectivity index (χ2v) is 4.40. The number of rotatable bonds is 0. The standard InChI is InChI=1S/C13H14/c1-8-4-3-5-12-10(8)6-7-11-9(2)13(11)12/h3-7,9,11,13H,1-2H3. The van der Waals surface area contributed by atoms with Crippen LogP contribution in [0.1, 0.15) is 29.5 Å². The average Bonchev–Trinajstić information content (AvgIpc) is 2.79. The topological polar surface area (TPSA) is 0 Å². The number of allylic oxidation sites excluding steroid dienone is 1. The summed E-state index contributed by atoms with van der Waals surface area (Å²) in [6, 6.07) is 6.69. The molecule has 0 aliphatic heterocycles. The van der Waals surface area contributed by atoms with Crippen molar-refractivity contribution < 1.29 is 0 Å². The van der Waals surface area contributed by atoms with Crippen LogP contribution in [0.5, 0.6) is 0 Å². The van der Waals surface area contributed by atoms with Gasteiger partial charge < -0.3 is 0 Å². The molecule has 0 amide bonds. The van der Waals surface area contributed by atoms with Gasteiger partial charge in [0.25, 0.3) is 0 Å². The highest BCUT2D eigenvalue weighted by Crippen LogP contribution is 2.58. The lowest BCUT2D eigenvalue weighted by atomic mass is 9.93. The van der Waals surface area contributed by atoms with Crippen molar-refractivity contribution in [1.29, 1.82) is 0 Å². The predicted molar refractivity (Wildman–Crippen MR) is 55.6 cm³/mol. The van der Waals surface area contributed by atoms with Crippen LogP contribution in [-0.2, 0) is 0 Å². The monoisotopic (exact) mass is 170 g/mol. The van der Waals surface area contributed by atoms with Gasteiger partial charge in [0.2, 0.25) is 0 Å². The molecule has 0 nitrogen and oxygen atoms in total. The van der Waals surface area contributed by atoms with Crippen LogP contribution < -0.4 is 0 Å². The van der Waals surface area contributed by atoms with Crippen LogP contribution in [0.3, 0.4) is 0 Å². The molecule has 1 saturated carbocycles. The highest BCUT2D eigenvalue weighted by molar-refractivity contribution is 5.64. The largest absolute Gasteiger partial charge is 0.0799 e. The summed E-state index contributed by atoms with van der Waals surface area (Å²) in [4.78, 5) is 0. The fourth-order valence-corrected chi connectivity index (χ4v) is 2.71. The summed E-state index contributed by atoms with van der Waals surface area (Å²) in [7, 11) is 0. The third-order valence-electron chi connectivity index (χ3n) is 3.65. The summed E-state index contributed by atoms with van der Waals surface area (Å²) in [5, 5.41) is 0. The Hall–Kier alpha value is -1.04. The fourth-order valence-electron chi connectivity index (χ4n) is 2.71. The first kappa shape index (κ1) is 7.37. The third kappa shape index (κ3) is 0.861. The molecule has 0 saturated heterocycles. The molecule has 0 aromatic heterocycles. The van der Waals surface area contributed by atoms with Gasteiger partial charge in [0.15, 0.2) is 0 Å². The van der Waals surface area contributed by atoms with Crippen LogP contribution in [0.15, 0.2) is 24.3 Å². The van der Waals surface area contributed by atoms with Crippen molar-refractivity contribution in [2.45, 2.75) is 19.8 Å². The molecule has 1 aromatic rings. The van der Waals surface area contributed by atoms with Crippen LogP contribution >= 0.6 is 0 Å². The molecule has 2 aliphatic rings. The minimum atomic E-state index is 0.833. The van der Waals surface area contributed by atoms with Gasteiger partial charge in [0, 0.05) is 0 Å². The Morgan fingerprint density at radius 1 is 1.23 bits per heavy atom. The SMILES string of the molecule is Cc1cccc2c1C=CC1C(C)C21. The summed E-state index contributed by atoms with van der Waals surface area (Å²) in [6.45, 7) is 4.56. The zero-order valence-electron chi connectivity index (χ0n) is 8.12. The van der Waals surface area contributed by atoms with E-state index in [1.165, 1.54) is 11.1 Å². The van der Waals surface area contributed by atoms with E-state index in [2.05, 4.69) is 44.2 Å². The number of hydrogen-bond acceptors (Lipinski definition) is 0. The van der Waals surface area contributed by atoms with Gasteiger partial charge in [-0.15, -0.1) is 0 Å². The molecule has 66 valence electrons. The second kappa shape index (κ2) is 2.25. The molecule has 0 heterocycles. The summed E-state index contributed by atoms with van der Waals surface area (Å²) in [5.74, 6) is 2.55. The first-order valence-electron chi connectivity index (χ1n) is 5.07. The fraction of sp³-hybridized carbons (Fsp3) is 0.385. The van der Waals surface area contributed by atoms with Crippen molar-refractivity contribution in [3.63, 3.8) is 0 Å². The molecule has 0 heteroatoms. The molecular formula is C13H14. The molecule has 1 aromatic carbocycles. The van der Waals surface area contributed by atoms with Crippen molar-refractivity contribution in [3.8, 4) is 0 Å². The van der Waals surface area contributed by atoms with Gasteiger partial charge in [0.1, 0.15) is 0 Å². The van der Waals surface area contributed by atoms with Crippen molar-refractivity contribution in [2.75, 3.05) is 0 Å². The molecule has 0 bridgehead atoms. The van der Waals surface area contributed by atoms with Gasteiger partial charge >= 0.3 is 0 Å². The maximum atomic E-state index is 2.39. The van der Waals surface area contributed by atoms with E-state index in [-0.39, 0.29) is 0 Å². The molecule has 3 unspecified atom stereocenters. The van der Waals surface area contributed by atoms with Crippen LogP contribution in [0.4, 0.5) is 0 Å². The Morgan fingerprint density at radius 3 is 2.92 bits per heavy atom. The Kier molecular flexibility index (Phi) is 1.28. The predicted octanol–water partition coefficient (Wildman–Crippen LogP) is 3.37. The second-order valence-electron chi connectivity index (χ2n) is 4.40. The number of benzene rings is 1. The minimum Gasteiger partial charge on any atom is -0.0799 e. The minimum absolute atomic E-state index is 0.833. The van der Waals surface area contributed by atoms with E-state index in [1.807, 2.05) is 0 Å². The highest BCUT2D eigenvalue weighted by atomic mass is 14.5. The Bertz CT molecular complexity index is 387. The zero-order chi connectivity index (χ0) is 9.00. The maximum Gasteiger partial charge on any atom is -0.00586 e. The molecular weight excluding hydrogens is 156 g/mol. The summed E-state index contributed by atoms with van der Waals surface area (Å²) in [5.41, 5.74) is 4.49. The lowest BCUT2D eigenvalue weighted by Gasteiger charge is -2.11. The summed E-state index contributed by atoms with van der Waals surface area (Å²) < 4.78 is 0. The van der Waals surface area contributed by atoms with Gasteiger partial charge in [-0.05, 0) is 41.4 Å². The molecule has 1 fully saturated rings. The van der Waals surface area contributed by atoms with Gasteiger partial charge in [-0.25, -0.2) is 0 Å². The number of fused-ring (bicyclic) bond motifs is 3. The first-order valence-corrected chi connectivity index (χ1v) is 5.07. The van der Waals surface area contributed by atoms with Gasteiger partial charge in [-0.3, -0.25) is 0 Å². The van der Waals surface area contributed by atoms with Crippen molar-refractivity contribution >= 4 is 6.08 Å². The molecule has 3 rings (SSSR count). The van der Waals surface area contributed by atoms with Crippen LogP contribution in [0.25, 0.3) is 6.08 Å². The summed E-state index contributed by atoms with van der Waals surface area (Å²) >= 11 is 0. The van der Waals surface area contributed by atoms with E-state index >= 15 is 0 Å². The molecule has 0 radical (unpaired) electrons. The van der Waals surface area contributed by atoms with Gasteiger partial charge in [0.05, 0.1) is 0 Å². The van der Waals surface area contributed by atoms with Crippen LogP contribution in [0, 0.1) is 18.8 Å². The lowest BCUT2D eigenvalue weighted by Crippen LogP contribution is -1.94. The van der Waals surface area contributed by atoms with E-state index in [9.17, 15) is 0 Å². The van der Waals surface area contributed by atoms with Crippen LogP contribution in [-0.4, -0.2) is 0 Å². The van der Waals surface area contributed by atoms with Crippen molar-refractivity contribution in [2.24, 2.45) is 11.8 Å². The van der Waals surface area contributed by atoms with Gasteiger partial charge in [-0.2, -0.15) is 0 Å². The first-order chi connectivity index (χ1) is 6.29. The molecule has 2 aliphatic carbocycles.